The molecule has 0 spiro atoms. The monoisotopic (exact) mass is 509 g/mol. The average Bonchev–Trinajstić information content (AvgIpc) is 2.89. The summed E-state index contributed by atoms with van der Waals surface area (Å²) in [6.45, 7) is 1.29. The Labute approximate surface area is 219 Å². The van der Waals surface area contributed by atoms with Gasteiger partial charge in [-0.2, -0.15) is 0 Å². The van der Waals surface area contributed by atoms with Gasteiger partial charge in [0.25, 0.3) is 5.91 Å². The first-order chi connectivity index (χ1) is 17.9. The van der Waals surface area contributed by atoms with E-state index >= 15 is 0 Å². The van der Waals surface area contributed by atoms with Crippen LogP contribution in [-0.4, -0.2) is 47.8 Å². The minimum absolute atomic E-state index is 0.0101. The van der Waals surface area contributed by atoms with Crippen LogP contribution in [0, 0.1) is 34.9 Å². The first-order valence-corrected chi connectivity index (χ1v) is 14.5. The van der Waals surface area contributed by atoms with E-state index in [-0.39, 0.29) is 41.0 Å². The summed E-state index contributed by atoms with van der Waals surface area (Å²) in [6, 6.07) is 5.27. The van der Waals surface area contributed by atoms with Crippen LogP contribution >= 0.6 is 0 Å². The number of piperidine rings is 1. The number of likely N-dealkylation sites (tertiary alicyclic amines) is 1. The molecule has 1 aromatic rings. The molecule has 1 heterocycles. The van der Waals surface area contributed by atoms with Crippen molar-refractivity contribution in [2.45, 2.75) is 89.1 Å². The van der Waals surface area contributed by atoms with Crippen molar-refractivity contribution in [3.63, 3.8) is 0 Å². The molecule has 3 amide bonds. The minimum Gasteiger partial charge on any atom is -0.351 e. The summed E-state index contributed by atoms with van der Waals surface area (Å²) in [5, 5.41) is 6.32. The molecule has 7 heteroatoms. The predicted molar refractivity (Wildman–Crippen MR) is 138 cm³/mol. The Morgan fingerprint density at radius 3 is 2.03 bits per heavy atom. The number of carbonyl (C=O) groups is 3. The molecule has 0 unspecified atom stereocenters. The summed E-state index contributed by atoms with van der Waals surface area (Å²) in [4.78, 5) is 42.1. The Morgan fingerprint density at radius 1 is 0.811 bits per heavy atom. The largest absolute Gasteiger partial charge is 0.351 e. The van der Waals surface area contributed by atoms with Gasteiger partial charge in [0.2, 0.25) is 11.8 Å². The van der Waals surface area contributed by atoms with Crippen LogP contribution in [0.5, 0.6) is 0 Å². The third-order valence-electron chi connectivity index (χ3n) is 10.1. The highest BCUT2D eigenvalue weighted by Crippen LogP contribution is 2.60. The summed E-state index contributed by atoms with van der Waals surface area (Å²) in [6.07, 6.45) is 12.4. The molecular formula is C30H40FN3O3. The van der Waals surface area contributed by atoms with E-state index in [1.165, 1.54) is 43.5 Å². The van der Waals surface area contributed by atoms with Crippen LogP contribution in [-0.2, 0) is 9.59 Å². The number of amides is 3. The van der Waals surface area contributed by atoms with Crippen LogP contribution in [0.15, 0.2) is 24.3 Å². The van der Waals surface area contributed by atoms with Gasteiger partial charge in [-0.3, -0.25) is 14.4 Å². The number of nitrogens with one attached hydrogen (secondary N) is 2. The maximum Gasteiger partial charge on any atom is 0.251 e. The van der Waals surface area contributed by atoms with Crippen molar-refractivity contribution in [1.82, 2.24) is 15.5 Å². The summed E-state index contributed by atoms with van der Waals surface area (Å²) >= 11 is 0. The van der Waals surface area contributed by atoms with Gasteiger partial charge in [0, 0.05) is 30.7 Å². The number of nitrogens with zero attached hydrogens (tertiary/aromatic N) is 1. The minimum atomic E-state index is -0.373. The molecule has 37 heavy (non-hydrogen) atoms. The highest BCUT2D eigenvalue weighted by Gasteiger charge is 2.56. The van der Waals surface area contributed by atoms with E-state index in [0.717, 1.165) is 82.1 Å². The maximum absolute atomic E-state index is 13.9. The smallest absolute Gasteiger partial charge is 0.251 e. The van der Waals surface area contributed by atoms with Crippen LogP contribution < -0.4 is 10.6 Å². The van der Waals surface area contributed by atoms with Crippen LogP contribution in [0.1, 0.15) is 87.4 Å². The Bertz CT molecular complexity index is 1010. The van der Waals surface area contributed by atoms with Crippen LogP contribution in [0.4, 0.5) is 4.39 Å². The third-order valence-corrected chi connectivity index (χ3v) is 10.1. The fraction of sp³-hybridized carbons (Fsp3) is 0.700. The molecule has 6 nitrogen and oxygen atoms in total. The molecule has 2 N–H and O–H groups in total. The molecule has 1 saturated heterocycles. The van der Waals surface area contributed by atoms with Gasteiger partial charge < -0.3 is 15.5 Å². The van der Waals surface area contributed by atoms with E-state index in [1.54, 1.807) is 0 Å². The van der Waals surface area contributed by atoms with Crippen LogP contribution in [0.25, 0.3) is 0 Å². The Hall–Kier alpha value is -2.44. The predicted octanol–water partition coefficient (Wildman–Crippen LogP) is 4.44. The Balaban J connectivity index is 1.07. The van der Waals surface area contributed by atoms with Crippen molar-refractivity contribution in [3.8, 4) is 0 Å². The van der Waals surface area contributed by atoms with Gasteiger partial charge in [-0.25, -0.2) is 4.39 Å². The quantitative estimate of drug-likeness (QED) is 0.616. The molecule has 4 bridgehead atoms. The van der Waals surface area contributed by atoms with Gasteiger partial charge in [-0.15, -0.1) is 0 Å². The van der Waals surface area contributed by atoms with Gasteiger partial charge >= 0.3 is 0 Å². The zero-order chi connectivity index (χ0) is 25.6. The van der Waals surface area contributed by atoms with Crippen molar-refractivity contribution in [2.75, 3.05) is 13.1 Å². The van der Waals surface area contributed by atoms with Gasteiger partial charge in [0.1, 0.15) is 5.82 Å². The number of carbonyl (C=O) groups excluding carboxylic acids is 3. The normalized spacial score (nSPS) is 36.7. The maximum atomic E-state index is 13.9. The molecule has 200 valence electrons. The lowest BCUT2D eigenvalue weighted by molar-refractivity contribution is -0.160. The van der Waals surface area contributed by atoms with E-state index in [9.17, 15) is 18.8 Å². The zero-order valence-electron chi connectivity index (χ0n) is 21.7. The van der Waals surface area contributed by atoms with Gasteiger partial charge in [0.15, 0.2) is 0 Å². The van der Waals surface area contributed by atoms with Crippen LogP contribution in [0.2, 0.25) is 0 Å². The summed E-state index contributed by atoms with van der Waals surface area (Å²) in [5.41, 5.74) is 0.259. The van der Waals surface area contributed by atoms with Crippen molar-refractivity contribution in [2.24, 2.45) is 29.1 Å². The molecule has 0 radical (unpaired) electrons. The second-order valence-corrected chi connectivity index (χ2v) is 12.8. The topological polar surface area (TPSA) is 78.5 Å². The molecule has 6 fully saturated rings. The van der Waals surface area contributed by atoms with E-state index in [4.69, 9.17) is 0 Å². The van der Waals surface area contributed by atoms with Gasteiger partial charge in [-0.05, 0) is 106 Å². The zero-order valence-corrected chi connectivity index (χ0v) is 21.7. The molecule has 0 aromatic heterocycles. The van der Waals surface area contributed by atoms with Crippen molar-refractivity contribution >= 4 is 17.7 Å². The lowest BCUT2D eigenvalue weighted by atomic mass is 9.49. The number of hydrogen-bond acceptors (Lipinski definition) is 3. The molecule has 6 aliphatic rings. The van der Waals surface area contributed by atoms with Crippen molar-refractivity contribution in [1.29, 1.82) is 0 Å². The SMILES string of the molecule is O=C(N[C@@H]1CCCC[C@H]1NC(=O)[C@H]1CCCN(C(=O)C23CC4CC(CC(C4)C2)C3)C1)c1ccc(F)cc1. The highest BCUT2D eigenvalue weighted by molar-refractivity contribution is 5.94. The average molecular weight is 510 g/mol. The van der Waals surface area contributed by atoms with E-state index in [2.05, 4.69) is 10.6 Å². The van der Waals surface area contributed by atoms with E-state index in [1.807, 2.05) is 4.90 Å². The molecule has 5 aliphatic carbocycles. The standard InChI is InChI=1S/C30H40FN3O3/c31-24-9-7-22(8-10-24)27(35)32-25-5-1-2-6-26(25)33-28(36)23-4-3-11-34(18-23)29(37)30-15-19-12-20(16-30)14-21(13-19)17-30/h7-10,19-21,23,25-26H,1-6,11-18H2,(H,32,35)(H,33,36)/t19?,20?,21?,23-,25+,26+,30?/m0/s1. The summed E-state index contributed by atoms with van der Waals surface area (Å²) < 4.78 is 13.3. The molecule has 7 rings (SSSR count). The first kappa shape index (κ1) is 24.9. The highest BCUT2D eigenvalue weighted by atomic mass is 19.1. The second-order valence-electron chi connectivity index (χ2n) is 12.8. The van der Waals surface area contributed by atoms with Crippen LogP contribution in [0.3, 0.4) is 0 Å². The van der Waals surface area contributed by atoms with Gasteiger partial charge in [-0.1, -0.05) is 12.8 Å². The Morgan fingerprint density at radius 2 is 1.41 bits per heavy atom. The van der Waals surface area contributed by atoms with E-state index < -0.39 is 0 Å². The summed E-state index contributed by atoms with van der Waals surface area (Å²) in [7, 11) is 0. The molecular weight excluding hydrogens is 469 g/mol. The number of benzene rings is 1. The fourth-order valence-electron chi connectivity index (χ4n) is 8.71. The molecule has 1 aliphatic heterocycles. The Kier molecular flexibility index (Phi) is 6.74. The first-order valence-electron chi connectivity index (χ1n) is 14.5. The summed E-state index contributed by atoms with van der Waals surface area (Å²) in [5.74, 6) is 1.72. The van der Waals surface area contributed by atoms with E-state index in [0.29, 0.717) is 18.0 Å². The van der Waals surface area contributed by atoms with Crippen molar-refractivity contribution < 1.29 is 18.8 Å². The van der Waals surface area contributed by atoms with Gasteiger partial charge in [0.05, 0.1) is 11.3 Å². The number of rotatable bonds is 5. The number of halogens is 1. The lowest BCUT2D eigenvalue weighted by Gasteiger charge is -2.57. The third kappa shape index (κ3) is 5.03. The second kappa shape index (κ2) is 10.0. The molecule has 1 aromatic carbocycles. The van der Waals surface area contributed by atoms with Crippen molar-refractivity contribution in [3.05, 3.63) is 35.6 Å². The molecule has 3 atom stereocenters. The fourth-order valence-corrected chi connectivity index (χ4v) is 8.71. The molecule has 5 saturated carbocycles. The number of hydrogen-bond donors (Lipinski definition) is 2. The lowest BCUT2D eigenvalue weighted by Crippen LogP contribution is -2.58.